The Hall–Kier alpha value is 0.340. The first-order valence-corrected chi connectivity index (χ1v) is 5.97. The Bertz CT molecular complexity index is 149. The van der Waals surface area contributed by atoms with Gasteiger partial charge in [-0.25, -0.2) is 0 Å². The van der Waals surface area contributed by atoms with Crippen LogP contribution in [0.5, 0.6) is 0 Å². The molecule has 0 aromatic rings. The monoisotopic (exact) mass is 205 g/mol. The number of nitrogens with zero attached hydrogens (tertiary/aromatic N) is 1. The van der Waals surface area contributed by atoms with Gasteiger partial charge in [0.15, 0.2) is 0 Å². The fourth-order valence-corrected chi connectivity index (χ4v) is 2.56. The summed E-state index contributed by atoms with van der Waals surface area (Å²) < 4.78 is 0. The van der Waals surface area contributed by atoms with E-state index in [9.17, 15) is 0 Å². The van der Waals surface area contributed by atoms with E-state index < -0.39 is 0 Å². The van der Waals surface area contributed by atoms with Gasteiger partial charge in [-0.05, 0) is 11.7 Å². The van der Waals surface area contributed by atoms with Crippen LogP contribution < -0.4 is 0 Å². The van der Waals surface area contributed by atoms with E-state index in [1.807, 2.05) is 6.08 Å². The van der Waals surface area contributed by atoms with E-state index in [0.29, 0.717) is 0 Å². The topological polar surface area (TPSA) is 3.24 Å². The van der Waals surface area contributed by atoms with Crippen LogP contribution in [0.15, 0.2) is 11.6 Å². The van der Waals surface area contributed by atoms with E-state index in [1.165, 1.54) is 24.6 Å². The summed E-state index contributed by atoms with van der Waals surface area (Å²) in [6.45, 7) is 5.74. The van der Waals surface area contributed by atoms with E-state index in [0.717, 1.165) is 12.5 Å². The molecule has 1 rings (SSSR count). The van der Waals surface area contributed by atoms with Crippen molar-refractivity contribution in [1.29, 1.82) is 0 Å². The van der Waals surface area contributed by atoms with Crippen molar-refractivity contribution in [2.75, 3.05) is 31.1 Å². The second kappa shape index (κ2) is 5.90. The minimum Gasteiger partial charge on any atom is -0.299 e. The first kappa shape index (κ1) is 10.4. The predicted octanol–water partition coefficient (Wildman–Crippen LogP) is 2.42. The molecule has 1 unspecified atom stereocenters. The van der Waals surface area contributed by atoms with Crippen molar-refractivity contribution in [3.05, 3.63) is 11.6 Å². The molecule has 0 bridgehead atoms. The summed E-state index contributed by atoms with van der Waals surface area (Å²) in [4.78, 5) is 2.46. The van der Waals surface area contributed by atoms with Gasteiger partial charge >= 0.3 is 0 Å². The zero-order chi connectivity index (χ0) is 8.81. The summed E-state index contributed by atoms with van der Waals surface area (Å²) in [6, 6.07) is 0. The Morgan fingerprint density at radius 3 is 3.25 bits per heavy atom. The fourth-order valence-electron chi connectivity index (χ4n) is 1.42. The minimum atomic E-state index is 0.821. The van der Waals surface area contributed by atoms with Crippen LogP contribution in [0, 0.1) is 5.92 Å². The standard InChI is InChI=1S/C9H16ClNS/c1-9-7-11(4-2-3-10)5-6-12-8-9/h2-3,9H,4-8H2,1H3/b3-2+. The maximum Gasteiger partial charge on any atom is 0.0175 e. The van der Waals surface area contributed by atoms with Gasteiger partial charge in [0.1, 0.15) is 0 Å². The molecular formula is C9H16ClNS. The van der Waals surface area contributed by atoms with Crippen LogP contribution >= 0.6 is 23.4 Å². The number of thioether (sulfide) groups is 1. The Balaban J connectivity index is 2.30. The molecule has 1 aliphatic heterocycles. The summed E-state index contributed by atoms with van der Waals surface area (Å²) in [5.41, 5.74) is 1.61. The number of halogens is 1. The van der Waals surface area contributed by atoms with Gasteiger partial charge < -0.3 is 0 Å². The molecule has 0 saturated carbocycles. The second-order valence-electron chi connectivity index (χ2n) is 3.30. The predicted molar refractivity (Wildman–Crippen MR) is 57.9 cm³/mol. The summed E-state index contributed by atoms with van der Waals surface area (Å²) in [5.74, 6) is 3.39. The molecular weight excluding hydrogens is 190 g/mol. The van der Waals surface area contributed by atoms with E-state index >= 15 is 0 Å². The molecule has 1 atom stereocenters. The lowest BCUT2D eigenvalue weighted by molar-refractivity contribution is 0.292. The molecule has 0 radical (unpaired) electrons. The summed E-state index contributed by atoms with van der Waals surface area (Å²) in [6.07, 6.45) is 2.02. The molecule has 0 spiro atoms. The molecule has 0 aliphatic carbocycles. The number of rotatable bonds is 2. The molecule has 3 heteroatoms. The quantitative estimate of drug-likeness (QED) is 0.682. The van der Waals surface area contributed by atoms with E-state index in [-0.39, 0.29) is 0 Å². The molecule has 1 aliphatic rings. The van der Waals surface area contributed by atoms with Crippen LogP contribution in [0.2, 0.25) is 0 Å². The van der Waals surface area contributed by atoms with Crippen LogP contribution in [0.4, 0.5) is 0 Å². The Morgan fingerprint density at radius 1 is 1.67 bits per heavy atom. The molecule has 0 amide bonds. The van der Waals surface area contributed by atoms with Gasteiger partial charge in [-0.2, -0.15) is 11.8 Å². The lowest BCUT2D eigenvalue weighted by Crippen LogP contribution is -2.29. The zero-order valence-corrected chi connectivity index (χ0v) is 9.07. The first-order valence-electron chi connectivity index (χ1n) is 4.38. The highest BCUT2D eigenvalue weighted by atomic mass is 35.5. The van der Waals surface area contributed by atoms with Gasteiger partial charge in [-0.1, -0.05) is 24.6 Å². The summed E-state index contributed by atoms with van der Waals surface area (Å²) in [5, 5.41) is 0. The SMILES string of the molecule is CC1CSCCN(C/C=C/Cl)C1. The van der Waals surface area contributed by atoms with Gasteiger partial charge in [0.25, 0.3) is 0 Å². The number of hydrogen-bond donors (Lipinski definition) is 0. The van der Waals surface area contributed by atoms with E-state index in [4.69, 9.17) is 11.6 Å². The normalized spacial score (nSPS) is 27.7. The highest BCUT2D eigenvalue weighted by Gasteiger charge is 2.12. The molecule has 70 valence electrons. The van der Waals surface area contributed by atoms with Gasteiger partial charge in [-0.15, -0.1) is 0 Å². The molecule has 1 fully saturated rings. The highest BCUT2D eigenvalue weighted by Crippen LogP contribution is 2.14. The van der Waals surface area contributed by atoms with Crippen molar-refractivity contribution in [3.63, 3.8) is 0 Å². The number of hydrogen-bond acceptors (Lipinski definition) is 2. The van der Waals surface area contributed by atoms with Crippen LogP contribution in [0.3, 0.4) is 0 Å². The van der Waals surface area contributed by atoms with Gasteiger partial charge in [0, 0.05) is 30.9 Å². The average molecular weight is 206 g/mol. The maximum absolute atomic E-state index is 5.49. The van der Waals surface area contributed by atoms with Gasteiger partial charge in [-0.3, -0.25) is 4.90 Å². The van der Waals surface area contributed by atoms with Crippen LogP contribution in [0.1, 0.15) is 6.92 Å². The molecule has 1 nitrogen and oxygen atoms in total. The third kappa shape index (κ3) is 3.83. The average Bonchev–Trinajstić information content (AvgIpc) is 2.26. The second-order valence-corrected chi connectivity index (χ2v) is 4.70. The van der Waals surface area contributed by atoms with Crippen molar-refractivity contribution in [1.82, 2.24) is 4.90 Å². The smallest absolute Gasteiger partial charge is 0.0175 e. The molecule has 1 saturated heterocycles. The summed E-state index contributed by atoms with van der Waals surface area (Å²) >= 11 is 7.55. The molecule has 0 aromatic heterocycles. The van der Waals surface area contributed by atoms with Crippen molar-refractivity contribution >= 4 is 23.4 Å². The molecule has 12 heavy (non-hydrogen) atoms. The Morgan fingerprint density at radius 2 is 2.50 bits per heavy atom. The maximum atomic E-state index is 5.49. The fraction of sp³-hybridized carbons (Fsp3) is 0.778. The first-order chi connectivity index (χ1) is 5.83. The highest BCUT2D eigenvalue weighted by molar-refractivity contribution is 7.99. The molecule has 1 heterocycles. The van der Waals surface area contributed by atoms with Gasteiger partial charge in [0.2, 0.25) is 0 Å². The minimum absolute atomic E-state index is 0.821. The third-order valence-electron chi connectivity index (χ3n) is 1.98. The van der Waals surface area contributed by atoms with Crippen molar-refractivity contribution in [2.45, 2.75) is 6.92 Å². The van der Waals surface area contributed by atoms with Crippen LogP contribution in [-0.4, -0.2) is 36.0 Å². The van der Waals surface area contributed by atoms with Crippen LogP contribution in [-0.2, 0) is 0 Å². The van der Waals surface area contributed by atoms with Crippen molar-refractivity contribution in [2.24, 2.45) is 5.92 Å². The summed E-state index contributed by atoms with van der Waals surface area (Å²) in [7, 11) is 0. The lowest BCUT2D eigenvalue weighted by atomic mass is 10.2. The van der Waals surface area contributed by atoms with E-state index in [2.05, 4.69) is 23.6 Å². The lowest BCUT2D eigenvalue weighted by Gasteiger charge is -2.19. The largest absolute Gasteiger partial charge is 0.299 e. The third-order valence-corrected chi connectivity index (χ3v) is 3.43. The van der Waals surface area contributed by atoms with Gasteiger partial charge in [0.05, 0.1) is 0 Å². The zero-order valence-electron chi connectivity index (χ0n) is 7.50. The molecule has 0 aromatic carbocycles. The Kier molecular flexibility index (Phi) is 5.12. The van der Waals surface area contributed by atoms with Crippen molar-refractivity contribution in [3.8, 4) is 0 Å². The van der Waals surface area contributed by atoms with E-state index in [1.54, 1.807) is 5.54 Å². The van der Waals surface area contributed by atoms with Crippen LogP contribution in [0.25, 0.3) is 0 Å². The van der Waals surface area contributed by atoms with Crippen molar-refractivity contribution < 1.29 is 0 Å². The Labute approximate surface area is 84.1 Å². The molecule has 0 N–H and O–H groups in total.